The average Bonchev–Trinajstić information content (AvgIpc) is 3.54. The van der Waals surface area contributed by atoms with E-state index in [4.69, 9.17) is 9.72 Å². The summed E-state index contributed by atoms with van der Waals surface area (Å²) in [5, 5.41) is 14.8. The van der Waals surface area contributed by atoms with Crippen molar-refractivity contribution < 1.29 is 9.84 Å². The van der Waals surface area contributed by atoms with Crippen LogP contribution in [0.15, 0.2) is 104 Å². The number of aromatic nitrogens is 4. The van der Waals surface area contributed by atoms with Crippen LogP contribution in [0.4, 0.5) is 5.82 Å². The number of anilines is 1. The maximum absolute atomic E-state index is 11.0. The van der Waals surface area contributed by atoms with Gasteiger partial charge in [-0.1, -0.05) is 105 Å². The van der Waals surface area contributed by atoms with Gasteiger partial charge in [-0.2, -0.15) is 0 Å². The number of ether oxygens (including phenoxy) is 1. The molecule has 1 fully saturated rings. The molecule has 0 aliphatic carbocycles. The molecule has 1 aliphatic rings. The monoisotopic (exact) mass is 505 g/mol. The molecule has 0 bridgehead atoms. The van der Waals surface area contributed by atoms with Gasteiger partial charge in [0, 0.05) is 5.92 Å². The van der Waals surface area contributed by atoms with Crippen molar-refractivity contribution >= 4 is 17.0 Å². The van der Waals surface area contributed by atoms with E-state index in [1.807, 2.05) is 66.1 Å². The van der Waals surface area contributed by atoms with Crippen molar-refractivity contribution in [2.75, 3.05) is 5.32 Å². The minimum Gasteiger partial charge on any atom is -0.388 e. The average molecular weight is 506 g/mol. The van der Waals surface area contributed by atoms with Gasteiger partial charge in [-0.3, -0.25) is 4.57 Å². The van der Waals surface area contributed by atoms with Crippen molar-refractivity contribution in [3.8, 4) is 0 Å². The smallest absolute Gasteiger partial charge is 0.167 e. The minimum absolute atomic E-state index is 0.0174. The van der Waals surface area contributed by atoms with E-state index >= 15 is 0 Å². The number of hydrogen-bond acceptors (Lipinski definition) is 6. The second-order valence-corrected chi connectivity index (χ2v) is 9.84. The lowest BCUT2D eigenvalue weighted by molar-refractivity contribution is -0.0355. The van der Waals surface area contributed by atoms with Crippen LogP contribution in [-0.2, 0) is 10.3 Å². The van der Waals surface area contributed by atoms with Crippen LogP contribution in [0.3, 0.4) is 0 Å². The largest absolute Gasteiger partial charge is 0.388 e. The fraction of sp³-hybridized carbons (Fsp3) is 0.258. The van der Waals surface area contributed by atoms with Gasteiger partial charge in [0.25, 0.3) is 0 Å². The Hall–Kier alpha value is -4.07. The first-order valence-electron chi connectivity index (χ1n) is 13.1. The lowest BCUT2D eigenvalue weighted by Crippen LogP contribution is -2.38. The molecule has 1 aliphatic heterocycles. The second-order valence-electron chi connectivity index (χ2n) is 9.84. The maximum atomic E-state index is 11.0. The fourth-order valence-corrected chi connectivity index (χ4v) is 5.65. The molecule has 2 N–H and O–H groups in total. The van der Waals surface area contributed by atoms with Gasteiger partial charge >= 0.3 is 0 Å². The summed E-state index contributed by atoms with van der Waals surface area (Å²) in [5.41, 5.74) is 3.68. The number of aliphatic hydroxyl groups is 1. The van der Waals surface area contributed by atoms with Crippen molar-refractivity contribution in [1.82, 2.24) is 19.5 Å². The molecule has 4 atom stereocenters. The zero-order chi connectivity index (χ0) is 26.1. The van der Waals surface area contributed by atoms with Gasteiger partial charge in [-0.05, 0) is 23.1 Å². The summed E-state index contributed by atoms with van der Waals surface area (Å²) in [5.74, 6) is 0.613. The summed E-state index contributed by atoms with van der Waals surface area (Å²) >= 11 is 0. The summed E-state index contributed by atoms with van der Waals surface area (Å²) in [4.78, 5) is 14.0. The SMILES string of the molecule is CC[C@H]1O[C@@H](n2cnc3c(NC(c4ccccc4)(c4ccccc4)c4ccccc4)ncnc32)[C@H](O)C1C. The Balaban J connectivity index is 1.52. The quantitative estimate of drug-likeness (QED) is 0.283. The normalized spacial score (nSPS) is 21.6. The molecular weight excluding hydrogens is 474 g/mol. The third-order valence-corrected chi connectivity index (χ3v) is 7.69. The van der Waals surface area contributed by atoms with Crippen LogP contribution >= 0.6 is 0 Å². The van der Waals surface area contributed by atoms with Crippen LogP contribution in [0.1, 0.15) is 43.2 Å². The van der Waals surface area contributed by atoms with Crippen LogP contribution < -0.4 is 5.32 Å². The highest BCUT2D eigenvalue weighted by Gasteiger charge is 2.42. The highest BCUT2D eigenvalue weighted by atomic mass is 16.5. The Morgan fingerprint density at radius 3 is 1.89 bits per heavy atom. The molecule has 5 aromatic rings. The molecule has 7 heteroatoms. The van der Waals surface area contributed by atoms with E-state index in [1.54, 1.807) is 6.33 Å². The van der Waals surface area contributed by atoms with Crippen molar-refractivity contribution in [1.29, 1.82) is 0 Å². The first kappa shape index (κ1) is 24.3. The number of fused-ring (bicyclic) bond motifs is 1. The summed E-state index contributed by atoms with van der Waals surface area (Å²) in [7, 11) is 0. The molecule has 2 aromatic heterocycles. The number of nitrogens with one attached hydrogen (secondary N) is 1. The molecule has 0 amide bonds. The van der Waals surface area contributed by atoms with E-state index < -0.39 is 17.9 Å². The van der Waals surface area contributed by atoms with Gasteiger partial charge in [0.05, 0.1) is 12.4 Å². The van der Waals surface area contributed by atoms with Gasteiger partial charge in [0.15, 0.2) is 23.2 Å². The third-order valence-electron chi connectivity index (χ3n) is 7.69. The molecule has 6 rings (SSSR count). The zero-order valence-corrected chi connectivity index (χ0v) is 21.5. The molecule has 1 saturated heterocycles. The number of benzene rings is 3. The van der Waals surface area contributed by atoms with E-state index in [0.29, 0.717) is 17.0 Å². The Morgan fingerprint density at radius 1 is 0.842 bits per heavy atom. The highest BCUT2D eigenvalue weighted by Crippen LogP contribution is 2.41. The van der Waals surface area contributed by atoms with Crippen molar-refractivity contribution in [2.45, 2.75) is 44.2 Å². The molecule has 38 heavy (non-hydrogen) atoms. The maximum Gasteiger partial charge on any atom is 0.167 e. The summed E-state index contributed by atoms with van der Waals surface area (Å²) < 4.78 is 8.06. The summed E-state index contributed by atoms with van der Waals surface area (Å²) in [6, 6.07) is 31.1. The predicted molar refractivity (Wildman–Crippen MR) is 148 cm³/mol. The molecule has 0 radical (unpaired) electrons. The molecule has 0 spiro atoms. The van der Waals surface area contributed by atoms with E-state index in [-0.39, 0.29) is 12.0 Å². The van der Waals surface area contributed by atoms with Gasteiger partial charge in [-0.25, -0.2) is 15.0 Å². The van der Waals surface area contributed by atoms with E-state index in [1.165, 1.54) is 6.33 Å². The number of hydrogen-bond donors (Lipinski definition) is 2. The van der Waals surface area contributed by atoms with E-state index in [0.717, 1.165) is 23.1 Å². The summed E-state index contributed by atoms with van der Waals surface area (Å²) in [6.07, 6.45) is 2.84. The highest BCUT2D eigenvalue weighted by molar-refractivity contribution is 5.84. The minimum atomic E-state index is -0.750. The fourth-order valence-electron chi connectivity index (χ4n) is 5.65. The lowest BCUT2D eigenvalue weighted by atomic mass is 9.77. The molecule has 0 saturated carbocycles. The van der Waals surface area contributed by atoms with Gasteiger partial charge in [-0.15, -0.1) is 0 Å². The van der Waals surface area contributed by atoms with Crippen molar-refractivity contribution in [2.24, 2.45) is 5.92 Å². The molecule has 1 unspecified atom stereocenters. The lowest BCUT2D eigenvalue weighted by Gasteiger charge is -2.37. The molecule has 3 aromatic carbocycles. The number of imidazole rings is 1. The van der Waals surface area contributed by atoms with Crippen LogP contribution in [0.25, 0.3) is 11.2 Å². The first-order valence-corrected chi connectivity index (χ1v) is 13.1. The molecule has 3 heterocycles. The van der Waals surface area contributed by atoms with Crippen molar-refractivity contribution in [3.63, 3.8) is 0 Å². The Morgan fingerprint density at radius 2 is 1.39 bits per heavy atom. The topological polar surface area (TPSA) is 85.1 Å². The predicted octanol–water partition coefficient (Wildman–Crippen LogP) is 5.53. The van der Waals surface area contributed by atoms with E-state index in [2.05, 4.69) is 58.6 Å². The molecule has 7 nitrogen and oxygen atoms in total. The van der Waals surface area contributed by atoms with E-state index in [9.17, 15) is 5.11 Å². The zero-order valence-electron chi connectivity index (χ0n) is 21.5. The van der Waals surface area contributed by atoms with Crippen LogP contribution in [0.5, 0.6) is 0 Å². The van der Waals surface area contributed by atoms with Crippen LogP contribution in [0, 0.1) is 5.92 Å². The van der Waals surface area contributed by atoms with Gasteiger partial charge in [0.1, 0.15) is 18.0 Å². The Bertz CT molecular complexity index is 1410. The number of rotatable bonds is 7. The van der Waals surface area contributed by atoms with Gasteiger partial charge in [0.2, 0.25) is 0 Å². The number of aliphatic hydroxyl groups excluding tert-OH is 1. The standard InChI is InChI=1S/C31H31N5O2/c1-3-25-21(2)27(37)30(38-25)36-20-34-26-28(32-19-33-29(26)36)35-31(22-13-7-4-8-14-22,23-15-9-5-10-16-23)24-17-11-6-12-18-24/h4-21,25,27,30,37H,3H2,1-2H3,(H,32,33,35)/t21?,25-,27-,30-/m1/s1. The third kappa shape index (κ3) is 3.95. The second kappa shape index (κ2) is 10.0. The van der Waals surface area contributed by atoms with Gasteiger partial charge < -0.3 is 15.2 Å². The van der Waals surface area contributed by atoms with Crippen LogP contribution in [0.2, 0.25) is 0 Å². The molecule has 192 valence electrons. The number of nitrogens with zero attached hydrogens (tertiary/aromatic N) is 4. The van der Waals surface area contributed by atoms with Crippen LogP contribution in [-0.4, -0.2) is 36.8 Å². The Labute approximate surface area is 222 Å². The Kier molecular flexibility index (Phi) is 6.39. The molecular formula is C31H31N5O2. The van der Waals surface area contributed by atoms with Crippen molar-refractivity contribution in [3.05, 3.63) is 120 Å². The first-order chi connectivity index (χ1) is 18.6. The summed E-state index contributed by atoms with van der Waals surface area (Å²) in [6.45, 7) is 4.09.